The standard InChI is InChI=1S/C19H18F2N4O4/c1-29-18(28)19(21)6-9-25(11-19)17(27)15-14(22-7-8-23-15)16(26)24-10-12-2-4-13(20)5-3-12/h2-5,7-8H,6,9-11H2,1H3,(H,24,26). The fourth-order valence-corrected chi connectivity index (χ4v) is 2.97. The average Bonchev–Trinajstić information content (AvgIpc) is 3.15. The van der Waals surface area contributed by atoms with Crippen LogP contribution >= 0.6 is 0 Å². The van der Waals surface area contributed by atoms with E-state index in [1.54, 1.807) is 0 Å². The smallest absolute Gasteiger partial charge is 0.345 e. The van der Waals surface area contributed by atoms with Crippen LogP contribution in [0.25, 0.3) is 0 Å². The number of amides is 2. The summed E-state index contributed by atoms with van der Waals surface area (Å²) in [5, 5.41) is 2.58. The van der Waals surface area contributed by atoms with E-state index in [9.17, 15) is 23.2 Å². The summed E-state index contributed by atoms with van der Waals surface area (Å²) >= 11 is 0. The Kier molecular flexibility index (Phi) is 5.81. The number of nitrogens with zero attached hydrogens (tertiary/aromatic N) is 3. The molecule has 152 valence electrons. The number of alkyl halides is 1. The summed E-state index contributed by atoms with van der Waals surface area (Å²) in [4.78, 5) is 45.8. The van der Waals surface area contributed by atoms with Gasteiger partial charge >= 0.3 is 5.97 Å². The first-order chi connectivity index (χ1) is 13.8. The average molecular weight is 404 g/mol. The topological polar surface area (TPSA) is 101 Å². The van der Waals surface area contributed by atoms with Crippen molar-refractivity contribution < 1.29 is 27.9 Å². The Morgan fingerprint density at radius 3 is 2.48 bits per heavy atom. The molecule has 1 saturated heterocycles. The lowest BCUT2D eigenvalue weighted by Crippen LogP contribution is -2.40. The number of methoxy groups -OCH3 is 1. The highest BCUT2D eigenvalue weighted by atomic mass is 19.1. The molecule has 0 bridgehead atoms. The zero-order valence-corrected chi connectivity index (χ0v) is 15.5. The maximum atomic E-state index is 14.6. The van der Waals surface area contributed by atoms with E-state index >= 15 is 0 Å². The minimum atomic E-state index is -2.29. The van der Waals surface area contributed by atoms with Crippen molar-refractivity contribution in [2.45, 2.75) is 18.6 Å². The van der Waals surface area contributed by atoms with Gasteiger partial charge < -0.3 is 15.0 Å². The Balaban J connectivity index is 1.73. The summed E-state index contributed by atoms with van der Waals surface area (Å²) in [6.07, 6.45) is 2.28. The second-order valence-electron chi connectivity index (χ2n) is 6.50. The largest absolute Gasteiger partial charge is 0.467 e. The maximum Gasteiger partial charge on any atom is 0.345 e. The minimum Gasteiger partial charge on any atom is -0.467 e. The lowest BCUT2D eigenvalue weighted by atomic mass is 10.1. The molecule has 1 aromatic carbocycles. The summed E-state index contributed by atoms with van der Waals surface area (Å²) in [6, 6.07) is 5.54. The first-order valence-corrected chi connectivity index (χ1v) is 8.74. The predicted octanol–water partition coefficient (Wildman–Crippen LogP) is 1.27. The van der Waals surface area contributed by atoms with Gasteiger partial charge in [0.2, 0.25) is 5.67 Å². The third-order valence-electron chi connectivity index (χ3n) is 4.54. The molecule has 0 radical (unpaired) electrons. The molecular weight excluding hydrogens is 386 g/mol. The van der Waals surface area contributed by atoms with Crippen molar-refractivity contribution in [3.05, 3.63) is 59.4 Å². The number of ether oxygens (including phenoxy) is 1. The van der Waals surface area contributed by atoms with E-state index in [-0.39, 0.29) is 30.9 Å². The summed E-state index contributed by atoms with van der Waals surface area (Å²) in [6.45, 7) is -0.438. The van der Waals surface area contributed by atoms with Gasteiger partial charge in [0.15, 0.2) is 11.4 Å². The minimum absolute atomic E-state index is 0.0301. The lowest BCUT2D eigenvalue weighted by molar-refractivity contribution is -0.153. The Morgan fingerprint density at radius 2 is 1.83 bits per heavy atom. The van der Waals surface area contributed by atoms with Gasteiger partial charge in [-0.3, -0.25) is 9.59 Å². The zero-order chi connectivity index (χ0) is 21.0. The van der Waals surface area contributed by atoms with Gasteiger partial charge in [0.1, 0.15) is 5.82 Å². The Morgan fingerprint density at radius 1 is 1.17 bits per heavy atom. The van der Waals surface area contributed by atoms with E-state index in [1.807, 2.05) is 0 Å². The summed E-state index contributed by atoms with van der Waals surface area (Å²) in [7, 11) is 1.07. The van der Waals surface area contributed by atoms with Crippen LogP contribution in [0, 0.1) is 5.82 Å². The van der Waals surface area contributed by atoms with E-state index in [1.165, 1.54) is 36.7 Å². The number of aromatic nitrogens is 2. The van der Waals surface area contributed by atoms with Crippen molar-refractivity contribution in [2.75, 3.05) is 20.2 Å². The van der Waals surface area contributed by atoms with Gasteiger partial charge in [-0.25, -0.2) is 23.5 Å². The number of benzene rings is 1. The molecule has 2 heterocycles. The van der Waals surface area contributed by atoms with Crippen molar-refractivity contribution in [1.82, 2.24) is 20.2 Å². The first-order valence-electron chi connectivity index (χ1n) is 8.74. The van der Waals surface area contributed by atoms with Gasteiger partial charge in [0.05, 0.1) is 13.7 Å². The Hall–Kier alpha value is -3.43. The fraction of sp³-hybridized carbons (Fsp3) is 0.316. The number of rotatable bonds is 5. The van der Waals surface area contributed by atoms with Crippen LogP contribution in [0.2, 0.25) is 0 Å². The van der Waals surface area contributed by atoms with Crippen LogP contribution in [0.4, 0.5) is 8.78 Å². The van der Waals surface area contributed by atoms with Crippen molar-refractivity contribution in [1.29, 1.82) is 0 Å². The van der Waals surface area contributed by atoms with Crippen LogP contribution in [-0.2, 0) is 16.1 Å². The van der Waals surface area contributed by atoms with Crippen molar-refractivity contribution in [3.8, 4) is 0 Å². The molecule has 0 saturated carbocycles. The maximum absolute atomic E-state index is 14.6. The molecule has 29 heavy (non-hydrogen) atoms. The molecule has 3 rings (SSSR count). The molecule has 2 aromatic rings. The Labute approximate surface area is 164 Å². The fourth-order valence-electron chi connectivity index (χ4n) is 2.97. The second-order valence-corrected chi connectivity index (χ2v) is 6.50. The van der Waals surface area contributed by atoms with E-state index < -0.39 is 35.8 Å². The summed E-state index contributed by atoms with van der Waals surface area (Å²) in [5.74, 6) is -2.83. The van der Waals surface area contributed by atoms with Gasteiger partial charge in [0, 0.05) is 31.9 Å². The van der Waals surface area contributed by atoms with Crippen LogP contribution in [0.1, 0.15) is 33.0 Å². The van der Waals surface area contributed by atoms with Crippen molar-refractivity contribution in [3.63, 3.8) is 0 Å². The number of hydrogen-bond acceptors (Lipinski definition) is 6. The number of halogens is 2. The van der Waals surface area contributed by atoms with Gasteiger partial charge in [-0.05, 0) is 17.7 Å². The quantitative estimate of drug-likeness (QED) is 0.754. The number of nitrogens with one attached hydrogen (secondary N) is 1. The molecule has 1 N–H and O–H groups in total. The molecule has 1 aromatic heterocycles. The molecular formula is C19H18F2N4O4. The molecule has 1 unspecified atom stereocenters. The Bertz CT molecular complexity index is 938. The van der Waals surface area contributed by atoms with Gasteiger partial charge in [-0.15, -0.1) is 0 Å². The molecule has 1 atom stereocenters. The normalized spacial score (nSPS) is 18.4. The highest BCUT2D eigenvalue weighted by Crippen LogP contribution is 2.28. The molecule has 0 spiro atoms. The van der Waals surface area contributed by atoms with Gasteiger partial charge in [-0.1, -0.05) is 12.1 Å². The highest BCUT2D eigenvalue weighted by Gasteiger charge is 2.48. The summed E-state index contributed by atoms with van der Waals surface area (Å²) < 4.78 is 32.0. The lowest BCUT2D eigenvalue weighted by Gasteiger charge is -2.19. The SMILES string of the molecule is COC(=O)C1(F)CCN(C(=O)c2nccnc2C(=O)NCc2ccc(F)cc2)C1. The predicted molar refractivity (Wildman–Crippen MR) is 96.0 cm³/mol. The van der Waals surface area contributed by atoms with Crippen LogP contribution in [0.5, 0.6) is 0 Å². The highest BCUT2D eigenvalue weighted by molar-refractivity contribution is 6.04. The van der Waals surface area contributed by atoms with E-state index in [4.69, 9.17) is 0 Å². The number of esters is 1. The molecule has 1 fully saturated rings. The van der Waals surface area contributed by atoms with E-state index in [0.29, 0.717) is 5.56 Å². The monoisotopic (exact) mass is 404 g/mol. The number of likely N-dealkylation sites (tertiary alicyclic amines) is 1. The van der Waals surface area contributed by atoms with E-state index in [0.717, 1.165) is 12.0 Å². The molecule has 8 nitrogen and oxygen atoms in total. The number of hydrogen-bond donors (Lipinski definition) is 1. The van der Waals surface area contributed by atoms with Crippen LogP contribution in [0.15, 0.2) is 36.7 Å². The number of carbonyl (C=O) groups is 3. The molecule has 10 heteroatoms. The third-order valence-corrected chi connectivity index (χ3v) is 4.54. The molecule has 2 amide bonds. The molecule has 0 aliphatic carbocycles. The van der Waals surface area contributed by atoms with Crippen LogP contribution < -0.4 is 5.32 Å². The van der Waals surface area contributed by atoms with E-state index in [2.05, 4.69) is 20.0 Å². The second kappa shape index (κ2) is 8.29. The van der Waals surface area contributed by atoms with Gasteiger partial charge in [-0.2, -0.15) is 0 Å². The van der Waals surface area contributed by atoms with Crippen molar-refractivity contribution in [2.24, 2.45) is 0 Å². The third kappa shape index (κ3) is 4.36. The van der Waals surface area contributed by atoms with Crippen LogP contribution in [-0.4, -0.2) is 58.5 Å². The molecule has 1 aliphatic rings. The number of carbonyl (C=O) groups excluding carboxylic acids is 3. The van der Waals surface area contributed by atoms with Crippen LogP contribution in [0.3, 0.4) is 0 Å². The summed E-state index contributed by atoms with van der Waals surface area (Å²) in [5.41, 5.74) is -2.12. The van der Waals surface area contributed by atoms with Gasteiger partial charge in [0.25, 0.3) is 11.8 Å². The first kappa shape index (κ1) is 20.3. The zero-order valence-electron chi connectivity index (χ0n) is 15.5. The van der Waals surface area contributed by atoms with Crippen molar-refractivity contribution >= 4 is 17.8 Å². The molecule has 1 aliphatic heterocycles.